The van der Waals surface area contributed by atoms with Crippen LogP contribution in [0.2, 0.25) is 0 Å². The number of benzene rings is 3. The van der Waals surface area contributed by atoms with E-state index in [-0.39, 0.29) is 5.41 Å². The highest BCUT2D eigenvalue weighted by atomic mass is 15.1. The molecule has 5 rings (SSSR count). The van der Waals surface area contributed by atoms with Crippen molar-refractivity contribution in [2.75, 3.05) is 13.1 Å². The van der Waals surface area contributed by atoms with Crippen LogP contribution in [0.1, 0.15) is 29.8 Å². The molecule has 30 heavy (non-hydrogen) atoms. The molecule has 0 spiro atoms. The molecule has 0 atom stereocenters. The molecular weight excluding hydrogens is 366 g/mol. The average molecular weight is 396 g/mol. The molecule has 3 heteroatoms. The largest absolute Gasteiger partial charge is 0.327 e. The number of piperidine rings is 1. The van der Waals surface area contributed by atoms with Crippen molar-refractivity contribution in [3.05, 3.63) is 102 Å². The molecule has 3 aromatic carbocycles. The second kappa shape index (κ2) is 8.08. The Morgan fingerprint density at radius 3 is 2.17 bits per heavy atom. The third-order valence-corrected chi connectivity index (χ3v) is 6.75. The molecule has 1 aliphatic rings. The summed E-state index contributed by atoms with van der Waals surface area (Å²) in [5.41, 5.74) is 5.35. The Labute approximate surface area is 179 Å². The smallest absolute Gasteiger partial charge is 0.106 e. The number of para-hydroxylation sites is 2. The highest BCUT2D eigenvalue weighted by Crippen LogP contribution is 2.38. The molecule has 152 valence electrons. The van der Waals surface area contributed by atoms with Gasteiger partial charge in [0.2, 0.25) is 0 Å². The molecule has 1 saturated heterocycles. The molecule has 0 aliphatic carbocycles. The van der Waals surface area contributed by atoms with Gasteiger partial charge < -0.3 is 4.57 Å². The summed E-state index contributed by atoms with van der Waals surface area (Å²) >= 11 is 0. The van der Waals surface area contributed by atoms with E-state index in [2.05, 4.69) is 101 Å². The van der Waals surface area contributed by atoms with Crippen LogP contribution in [0.5, 0.6) is 0 Å². The van der Waals surface area contributed by atoms with Gasteiger partial charge in [0, 0.05) is 18.5 Å². The lowest BCUT2D eigenvalue weighted by molar-refractivity contribution is 0.139. The zero-order valence-corrected chi connectivity index (χ0v) is 17.7. The summed E-state index contributed by atoms with van der Waals surface area (Å²) in [5, 5.41) is 0. The van der Waals surface area contributed by atoms with Crippen LogP contribution in [-0.4, -0.2) is 27.5 Å². The first-order valence-corrected chi connectivity index (χ1v) is 11.0. The molecule has 2 heterocycles. The number of aromatic nitrogens is 2. The van der Waals surface area contributed by atoms with Crippen LogP contribution >= 0.6 is 0 Å². The summed E-state index contributed by atoms with van der Waals surface area (Å²) in [6.45, 7) is 6.41. The number of rotatable bonds is 5. The van der Waals surface area contributed by atoms with E-state index in [1.165, 1.54) is 16.6 Å². The second-order valence-electron chi connectivity index (χ2n) is 8.64. The van der Waals surface area contributed by atoms with Crippen molar-refractivity contribution < 1.29 is 0 Å². The van der Waals surface area contributed by atoms with E-state index in [4.69, 9.17) is 4.98 Å². The van der Waals surface area contributed by atoms with Crippen LogP contribution in [-0.2, 0) is 18.5 Å². The van der Waals surface area contributed by atoms with Gasteiger partial charge in [-0.3, -0.25) is 4.90 Å². The maximum absolute atomic E-state index is 4.83. The lowest BCUT2D eigenvalue weighted by atomic mass is 9.72. The number of nitrogens with zero attached hydrogens (tertiary/aromatic N) is 3. The van der Waals surface area contributed by atoms with E-state index in [0.717, 1.165) is 50.4 Å². The number of hydrogen-bond donors (Lipinski definition) is 0. The van der Waals surface area contributed by atoms with E-state index < -0.39 is 0 Å². The molecule has 3 nitrogen and oxygen atoms in total. The Morgan fingerprint density at radius 1 is 0.800 bits per heavy atom. The minimum absolute atomic E-state index is 0.142. The normalized spacial score (nSPS) is 16.7. The second-order valence-corrected chi connectivity index (χ2v) is 8.64. The van der Waals surface area contributed by atoms with E-state index in [0.29, 0.717) is 0 Å². The van der Waals surface area contributed by atoms with Crippen LogP contribution < -0.4 is 0 Å². The summed E-state index contributed by atoms with van der Waals surface area (Å²) in [6, 6.07) is 30.5. The average Bonchev–Trinajstić information content (AvgIpc) is 3.11. The molecule has 1 aromatic heterocycles. The molecule has 1 fully saturated rings. The zero-order chi connectivity index (χ0) is 20.4. The van der Waals surface area contributed by atoms with Gasteiger partial charge in [0.25, 0.3) is 0 Å². The minimum atomic E-state index is 0.142. The highest BCUT2D eigenvalue weighted by Gasteiger charge is 2.37. The Hall–Kier alpha value is -2.91. The van der Waals surface area contributed by atoms with E-state index in [1.807, 2.05) is 0 Å². The molecule has 0 unspecified atom stereocenters. The Balaban J connectivity index is 1.44. The molecule has 0 saturated carbocycles. The number of fused-ring (bicyclic) bond motifs is 1. The fourth-order valence-corrected chi connectivity index (χ4v) is 5.01. The third-order valence-electron chi connectivity index (χ3n) is 6.75. The maximum Gasteiger partial charge on any atom is 0.106 e. The van der Waals surface area contributed by atoms with Gasteiger partial charge in [-0.2, -0.15) is 0 Å². The van der Waals surface area contributed by atoms with Gasteiger partial charge in [-0.05, 0) is 56.1 Å². The van der Waals surface area contributed by atoms with Crippen LogP contribution in [0.3, 0.4) is 0 Å². The predicted octanol–water partition coefficient (Wildman–Crippen LogP) is 5.58. The molecule has 0 radical (unpaired) electrons. The molecule has 0 amide bonds. The molecule has 0 bridgehead atoms. The molecule has 0 N–H and O–H groups in total. The fraction of sp³-hybridized carbons (Fsp3) is 0.296. The van der Waals surface area contributed by atoms with Crippen molar-refractivity contribution in [3.63, 3.8) is 0 Å². The number of likely N-dealkylation sites (tertiary alicyclic amines) is 1. The lowest BCUT2D eigenvalue weighted by Gasteiger charge is -2.43. The SMILES string of the molecule is Cc1nc2ccccc2n1CC1(c2ccccc2)CCN(Cc2ccccc2)CC1. The Morgan fingerprint density at radius 2 is 1.43 bits per heavy atom. The summed E-state index contributed by atoms with van der Waals surface area (Å²) in [6.07, 6.45) is 2.32. The van der Waals surface area contributed by atoms with Gasteiger partial charge in [-0.25, -0.2) is 4.98 Å². The minimum Gasteiger partial charge on any atom is -0.327 e. The van der Waals surface area contributed by atoms with Gasteiger partial charge in [0.05, 0.1) is 11.0 Å². The summed E-state index contributed by atoms with van der Waals surface area (Å²) in [7, 11) is 0. The first-order chi connectivity index (χ1) is 14.7. The monoisotopic (exact) mass is 395 g/mol. The summed E-state index contributed by atoms with van der Waals surface area (Å²) in [4.78, 5) is 7.43. The van der Waals surface area contributed by atoms with Gasteiger partial charge in [0.1, 0.15) is 5.82 Å². The Bertz CT molecular complexity index is 1110. The van der Waals surface area contributed by atoms with Crippen molar-refractivity contribution in [2.45, 2.75) is 38.3 Å². The van der Waals surface area contributed by atoms with Crippen LogP contribution in [0, 0.1) is 6.92 Å². The van der Waals surface area contributed by atoms with Gasteiger partial charge in [-0.1, -0.05) is 72.8 Å². The van der Waals surface area contributed by atoms with Crippen molar-refractivity contribution in [1.29, 1.82) is 0 Å². The first-order valence-electron chi connectivity index (χ1n) is 11.0. The van der Waals surface area contributed by atoms with Crippen molar-refractivity contribution in [2.24, 2.45) is 0 Å². The number of hydrogen-bond acceptors (Lipinski definition) is 2. The molecular formula is C27H29N3. The first kappa shape index (κ1) is 19.1. The fourth-order valence-electron chi connectivity index (χ4n) is 5.01. The van der Waals surface area contributed by atoms with Crippen LogP contribution in [0.15, 0.2) is 84.9 Å². The summed E-state index contributed by atoms with van der Waals surface area (Å²) < 4.78 is 2.44. The van der Waals surface area contributed by atoms with Crippen LogP contribution in [0.25, 0.3) is 11.0 Å². The zero-order valence-electron chi connectivity index (χ0n) is 17.7. The lowest BCUT2D eigenvalue weighted by Crippen LogP contribution is -2.44. The predicted molar refractivity (Wildman–Crippen MR) is 124 cm³/mol. The number of imidazole rings is 1. The summed E-state index contributed by atoms with van der Waals surface area (Å²) in [5.74, 6) is 1.11. The van der Waals surface area contributed by atoms with Crippen LogP contribution in [0.4, 0.5) is 0 Å². The highest BCUT2D eigenvalue weighted by molar-refractivity contribution is 5.75. The number of aryl methyl sites for hydroxylation is 1. The quantitative estimate of drug-likeness (QED) is 0.440. The maximum atomic E-state index is 4.83. The van der Waals surface area contributed by atoms with Gasteiger partial charge in [-0.15, -0.1) is 0 Å². The molecule has 4 aromatic rings. The Kier molecular flexibility index (Phi) is 5.14. The van der Waals surface area contributed by atoms with Crippen molar-refractivity contribution in [3.8, 4) is 0 Å². The van der Waals surface area contributed by atoms with E-state index in [9.17, 15) is 0 Å². The van der Waals surface area contributed by atoms with E-state index >= 15 is 0 Å². The topological polar surface area (TPSA) is 21.1 Å². The standard InChI is InChI=1S/C27H29N3/c1-22-28-25-14-8-9-15-26(25)30(22)21-27(24-12-6-3-7-13-24)16-18-29(19-17-27)20-23-10-4-2-5-11-23/h2-15H,16-21H2,1H3. The van der Waals surface area contributed by atoms with Crippen molar-refractivity contribution >= 4 is 11.0 Å². The van der Waals surface area contributed by atoms with Crippen molar-refractivity contribution in [1.82, 2.24) is 14.5 Å². The third kappa shape index (κ3) is 3.66. The van der Waals surface area contributed by atoms with E-state index in [1.54, 1.807) is 0 Å². The molecule has 1 aliphatic heterocycles. The van der Waals surface area contributed by atoms with Gasteiger partial charge >= 0.3 is 0 Å². The van der Waals surface area contributed by atoms with Gasteiger partial charge in [0.15, 0.2) is 0 Å².